The summed E-state index contributed by atoms with van der Waals surface area (Å²) in [5.41, 5.74) is 5.10. The summed E-state index contributed by atoms with van der Waals surface area (Å²) in [6, 6.07) is 5.95. The molecule has 1 aromatic heterocycles. The van der Waals surface area contributed by atoms with Crippen LogP contribution < -0.4 is 10.1 Å². The highest BCUT2D eigenvalue weighted by Gasteiger charge is 2.18. The van der Waals surface area contributed by atoms with Gasteiger partial charge < -0.3 is 15.2 Å². The van der Waals surface area contributed by atoms with Gasteiger partial charge in [-0.15, -0.1) is 0 Å². The molecule has 1 heterocycles. The summed E-state index contributed by atoms with van der Waals surface area (Å²) >= 11 is 0. The summed E-state index contributed by atoms with van der Waals surface area (Å²) in [6.45, 7) is 3.02. The molecule has 3 rings (SSSR count). The first kappa shape index (κ1) is 15.9. The molecule has 0 unspecified atom stereocenters. The van der Waals surface area contributed by atoms with Crippen LogP contribution in [0.25, 0.3) is 0 Å². The number of benzene rings is 1. The fourth-order valence-corrected chi connectivity index (χ4v) is 3.17. The number of aromatic hydroxyl groups is 1. The molecule has 1 aliphatic rings. The first-order chi connectivity index (χ1) is 11.2. The highest BCUT2D eigenvalue weighted by atomic mass is 16.5. The van der Waals surface area contributed by atoms with E-state index >= 15 is 0 Å². The van der Waals surface area contributed by atoms with Crippen LogP contribution in [0.5, 0.6) is 11.5 Å². The van der Waals surface area contributed by atoms with Gasteiger partial charge in [-0.1, -0.05) is 6.07 Å². The lowest BCUT2D eigenvalue weighted by atomic mass is 10.1. The monoisotopic (exact) mass is 315 g/mol. The molecule has 0 fully saturated rings. The number of hydrogen-bond acceptors (Lipinski definition) is 4. The number of phenolic OH excluding ortho intramolecular Hbond substituents is 1. The van der Waals surface area contributed by atoms with Crippen LogP contribution in [0.3, 0.4) is 0 Å². The average molecular weight is 315 g/mol. The molecule has 0 radical (unpaired) electrons. The number of ether oxygens (including phenoxy) is 1. The van der Waals surface area contributed by atoms with E-state index in [1.165, 1.54) is 28.9 Å². The standard InChI is InChI=1S/C18H25N3O2/c1-12(6-7-13-8-9-17(22)18(10-13)23-2)19-11-16-14-4-3-5-15(14)20-21-16/h8-10,12,19,22H,3-7,11H2,1-2H3,(H,20,21)/t12-/m0/s1. The molecule has 1 aromatic carbocycles. The maximum absolute atomic E-state index is 9.63. The first-order valence-electron chi connectivity index (χ1n) is 8.31. The Morgan fingerprint density at radius 1 is 1.39 bits per heavy atom. The molecule has 3 N–H and O–H groups in total. The second-order valence-corrected chi connectivity index (χ2v) is 6.31. The summed E-state index contributed by atoms with van der Waals surface area (Å²) < 4.78 is 5.15. The van der Waals surface area contributed by atoms with Crippen LogP contribution in [0.15, 0.2) is 18.2 Å². The van der Waals surface area contributed by atoms with Gasteiger partial charge in [-0.3, -0.25) is 5.10 Å². The van der Waals surface area contributed by atoms with Gasteiger partial charge in [-0.05, 0) is 62.3 Å². The summed E-state index contributed by atoms with van der Waals surface area (Å²) in [5.74, 6) is 0.727. The number of methoxy groups -OCH3 is 1. The third-order valence-electron chi connectivity index (χ3n) is 4.62. The van der Waals surface area contributed by atoms with Gasteiger partial charge in [0, 0.05) is 18.3 Å². The summed E-state index contributed by atoms with van der Waals surface area (Å²) in [4.78, 5) is 0. The highest BCUT2D eigenvalue weighted by Crippen LogP contribution is 2.27. The second-order valence-electron chi connectivity index (χ2n) is 6.31. The predicted octanol–water partition coefficient (Wildman–Crippen LogP) is 2.72. The van der Waals surface area contributed by atoms with Crippen molar-refractivity contribution in [1.82, 2.24) is 15.5 Å². The van der Waals surface area contributed by atoms with Crippen molar-refractivity contribution in [1.29, 1.82) is 0 Å². The van der Waals surface area contributed by atoms with Gasteiger partial charge in [-0.2, -0.15) is 5.10 Å². The van der Waals surface area contributed by atoms with Gasteiger partial charge in [0.1, 0.15) is 0 Å². The van der Waals surface area contributed by atoms with Gasteiger partial charge in [0.05, 0.1) is 12.8 Å². The largest absolute Gasteiger partial charge is 0.504 e. The minimum Gasteiger partial charge on any atom is -0.504 e. The molecule has 5 nitrogen and oxygen atoms in total. The topological polar surface area (TPSA) is 70.2 Å². The Kier molecular flexibility index (Phi) is 4.86. The third-order valence-corrected chi connectivity index (χ3v) is 4.62. The zero-order valence-corrected chi connectivity index (χ0v) is 13.9. The molecule has 1 aliphatic carbocycles. The fourth-order valence-electron chi connectivity index (χ4n) is 3.17. The number of nitrogens with one attached hydrogen (secondary N) is 2. The van der Waals surface area contributed by atoms with Gasteiger partial charge in [0.25, 0.3) is 0 Å². The molecule has 0 aliphatic heterocycles. The minimum absolute atomic E-state index is 0.190. The van der Waals surface area contributed by atoms with Crippen molar-refractivity contribution in [3.8, 4) is 11.5 Å². The van der Waals surface area contributed by atoms with Crippen molar-refractivity contribution in [3.63, 3.8) is 0 Å². The molecule has 124 valence electrons. The molecular formula is C18H25N3O2. The summed E-state index contributed by atoms with van der Waals surface area (Å²) in [6.07, 6.45) is 5.52. The van der Waals surface area contributed by atoms with Crippen LogP contribution in [0.2, 0.25) is 0 Å². The van der Waals surface area contributed by atoms with Gasteiger partial charge in [0.15, 0.2) is 11.5 Å². The van der Waals surface area contributed by atoms with E-state index in [1.807, 2.05) is 12.1 Å². The lowest BCUT2D eigenvalue weighted by molar-refractivity contribution is 0.372. The molecule has 0 spiro atoms. The van der Waals surface area contributed by atoms with Gasteiger partial charge in [0.2, 0.25) is 0 Å². The van der Waals surface area contributed by atoms with Crippen molar-refractivity contribution >= 4 is 0 Å². The van der Waals surface area contributed by atoms with Crippen molar-refractivity contribution in [2.45, 2.75) is 51.6 Å². The van der Waals surface area contributed by atoms with E-state index in [0.717, 1.165) is 32.2 Å². The number of H-pyrrole nitrogens is 1. The minimum atomic E-state index is 0.190. The molecule has 0 bridgehead atoms. The molecular weight excluding hydrogens is 290 g/mol. The van der Waals surface area contributed by atoms with Crippen LogP contribution in [0.1, 0.15) is 42.3 Å². The van der Waals surface area contributed by atoms with Crippen LogP contribution in [-0.4, -0.2) is 28.5 Å². The lowest BCUT2D eigenvalue weighted by Crippen LogP contribution is -2.26. The quantitative estimate of drug-likeness (QED) is 0.735. The smallest absolute Gasteiger partial charge is 0.160 e. The van der Waals surface area contributed by atoms with Crippen LogP contribution >= 0.6 is 0 Å². The highest BCUT2D eigenvalue weighted by molar-refractivity contribution is 5.41. The Hall–Kier alpha value is -2.01. The number of aryl methyl sites for hydroxylation is 2. The van der Waals surface area contributed by atoms with E-state index in [1.54, 1.807) is 13.2 Å². The number of fused-ring (bicyclic) bond motifs is 1. The number of aromatic amines is 1. The Morgan fingerprint density at radius 2 is 2.26 bits per heavy atom. The molecule has 1 atom stereocenters. The van der Waals surface area contributed by atoms with E-state index in [-0.39, 0.29) is 5.75 Å². The van der Waals surface area contributed by atoms with Gasteiger partial charge >= 0.3 is 0 Å². The van der Waals surface area contributed by atoms with E-state index in [0.29, 0.717) is 11.8 Å². The number of phenols is 1. The SMILES string of the molecule is COc1cc(CC[C@H](C)NCc2n[nH]c3c2CCC3)ccc1O. The van der Waals surface area contributed by atoms with Crippen LogP contribution in [-0.2, 0) is 25.8 Å². The zero-order valence-electron chi connectivity index (χ0n) is 13.9. The maximum atomic E-state index is 9.63. The Balaban J connectivity index is 1.48. The Bertz CT molecular complexity index is 666. The van der Waals surface area contributed by atoms with E-state index in [4.69, 9.17) is 4.74 Å². The van der Waals surface area contributed by atoms with E-state index in [9.17, 15) is 5.11 Å². The summed E-state index contributed by atoms with van der Waals surface area (Å²) in [7, 11) is 1.57. The Morgan fingerprint density at radius 3 is 3.09 bits per heavy atom. The maximum Gasteiger partial charge on any atom is 0.160 e. The lowest BCUT2D eigenvalue weighted by Gasteiger charge is -2.14. The predicted molar refractivity (Wildman–Crippen MR) is 89.9 cm³/mol. The molecule has 2 aromatic rings. The number of rotatable bonds is 7. The van der Waals surface area contributed by atoms with Crippen LogP contribution in [0.4, 0.5) is 0 Å². The molecule has 5 heteroatoms. The fraction of sp³-hybridized carbons (Fsp3) is 0.500. The zero-order chi connectivity index (χ0) is 16.2. The van der Waals surface area contributed by atoms with Crippen LogP contribution in [0, 0.1) is 0 Å². The second kappa shape index (κ2) is 7.04. The average Bonchev–Trinajstić information content (AvgIpc) is 3.16. The number of hydrogen-bond donors (Lipinski definition) is 3. The van der Waals surface area contributed by atoms with Crippen molar-refractivity contribution in [2.75, 3.05) is 7.11 Å². The van der Waals surface area contributed by atoms with Crippen molar-refractivity contribution in [3.05, 3.63) is 40.7 Å². The van der Waals surface area contributed by atoms with Crippen molar-refractivity contribution < 1.29 is 9.84 Å². The molecule has 0 saturated heterocycles. The molecule has 0 saturated carbocycles. The normalized spacial score (nSPS) is 14.7. The van der Waals surface area contributed by atoms with E-state index < -0.39 is 0 Å². The Labute approximate surface area is 137 Å². The summed E-state index contributed by atoms with van der Waals surface area (Å²) in [5, 5.41) is 20.8. The third kappa shape index (κ3) is 3.67. The molecule has 23 heavy (non-hydrogen) atoms. The van der Waals surface area contributed by atoms with E-state index in [2.05, 4.69) is 22.4 Å². The number of nitrogens with zero attached hydrogens (tertiary/aromatic N) is 1. The molecule has 0 amide bonds. The van der Waals surface area contributed by atoms with Gasteiger partial charge in [-0.25, -0.2) is 0 Å². The number of aromatic nitrogens is 2. The van der Waals surface area contributed by atoms with Crippen molar-refractivity contribution in [2.24, 2.45) is 0 Å². The first-order valence-corrected chi connectivity index (χ1v) is 8.31.